The summed E-state index contributed by atoms with van der Waals surface area (Å²) in [6.45, 7) is 0. The molecule has 4 unspecified atom stereocenters. The van der Waals surface area contributed by atoms with Crippen molar-refractivity contribution in [1.82, 2.24) is 29.9 Å². The minimum Gasteiger partial charge on any atom is -0.457 e. The third-order valence-corrected chi connectivity index (χ3v) is 24.5. The highest BCUT2D eigenvalue weighted by atomic mass is 32.2. The summed E-state index contributed by atoms with van der Waals surface area (Å²) in [5, 5.41) is 21.9. The number of ether oxygens (including phenoxy) is 1. The quantitative estimate of drug-likeness (QED) is 0.137. The molecule has 2 spiro atoms. The third kappa shape index (κ3) is 10.0. The first kappa shape index (κ1) is 64.6. The number of nitriles is 2. The maximum Gasteiger partial charge on any atom is 0.164 e. The predicted molar refractivity (Wildman–Crippen MR) is 445 cm³/mol. The largest absolute Gasteiger partial charge is 0.457 e. The van der Waals surface area contributed by atoms with Crippen molar-refractivity contribution in [2.75, 3.05) is 0 Å². The van der Waals surface area contributed by atoms with Crippen LogP contribution in [0.15, 0.2) is 367 Å². The van der Waals surface area contributed by atoms with E-state index in [1.165, 1.54) is 37.6 Å². The second-order valence-electron chi connectivity index (χ2n) is 29.3. The molecular weight excluding hydrogens is 1390 g/mol. The number of rotatable bonds is 9. The van der Waals surface area contributed by atoms with Crippen LogP contribution in [0, 0.1) is 34.5 Å². The van der Waals surface area contributed by atoms with E-state index in [-0.39, 0.29) is 11.8 Å². The molecule has 0 fully saturated rings. The average molecular weight is 1450 g/mol. The minimum atomic E-state index is -0.786. The van der Waals surface area contributed by atoms with Gasteiger partial charge < -0.3 is 4.74 Å². The zero-order valence-electron chi connectivity index (χ0n) is 60.0. The molecule has 2 aliphatic heterocycles. The van der Waals surface area contributed by atoms with E-state index >= 15 is 0 Å². The second kappa shape index (κ2) is 25.6. The highest BCUT2D eigenvalue weighted by molar-refractivity contribution is 7.99. The Morgan fingerprint density at radius 1 is 0.286 bits per heavy atom. The number of hydrogen-bond donors (Lipinski definition) is 0. The molecule has 520 valence electrons. The van der Waals surface area contributed by atoms with Gasteiger partial charge in [0.1, 0.15) is 11.5 Å². The lowest BCUT2D eigenvalue weighted by Crippen LogP contribution is -2.32. The van der Waals surface area contributed by atoms with Gasteiger partial charge >= 0.3 is 0 Å². The number of allylic oxidation sites excluding steroid dienone is 8. The average Bonchev–Trinajstić information content (AvgIpc) is 1.50. The van der Waals surface area contributed by atoms with Gasteiger partial charge in [0.05, 0.1) is 28.5 Å². The first-order valence-corrected chi connectivity index (χ1v) is 38.5. The van der Waals surface area contributed by atoms with E-state index in [0.29, 0.717) is 46.1 Å². The van der Waals surface area contributed by atoms with Crippen LogP contribution in [0.1, 0.15) is 55.6 Å². The lowest BCUT2D eigenvalue weighted by Gasteiger charge is -2.40. The van der Waals surface area contributed by atoms with Crippen molar-refractivity contribution in [3.05, 3.63) is 413 Å². The number of aromatic nitrogens is 6. The summed E-state index contributed by atoms with van der Waals surface area (Å²) in [6, 6.07) is 116. The van der Waals surface area contributed by atoms with Crippen LogP contribution in [0.4, 0.5) is 0 Å². The Balaban J connectivity index is 0.636. The summed E-state index contributed by atoms with van der Waals surface area (Å²) >= 11 is 1.82. The Bertz CT molecular complexity index is 6950. The van der Waals surface area contributed by atoms with E-state index in [9.17, 15) is 10.5 Å². The Morgan fingerprint density at radius 2 is 0.732 bits per heavy atom. The Labute approximate surface area is 651 Å². The van der Waals surface area contributed by atoms with E-state index < -0.39 is 10.8 Å². The number of para-hydroxylation sites is 1. The molecule has 0 saturated heterocycles. The Hall–Kier alpha value is -14.6. The molecule has 4 heterocycles. The van der Waals surface area contributed by atoms with Gasteiger partial charge in [-0.2, -0.15) is 10.5 Å². The van der Waals surface area contributed by atoms with Gasteiger partial charge in [-0.05, 0) is 161 Å². The summed E-state index contributed by atoms with van der Waals surface area (Å²) in [5.74, 6) is 5.19. The summed E-state index contributed by atoms with van der Waals surface area (Å²) in [6.07, 6.45) is 12.9. The fourth-order valence-electron chi connectivity index (χ4n) is 18.2. The Kier molecular flexibility index (Phi) is 14.7. The molecule has 9 nitrogen and oxygen atoms in total. The number of fused-ring (bicyclic) bond motifs is 20. The molecule has 16 aromatic rings. The molecule has 0 N–H and O–H groups in total. The van der Waals surface area contributed by atoms with Crippen LogP contribution in [0.25, 0.3) is 129 Å². The molecule has 14 aromatic carbocycles. The smallest absolute Gasteiger partial charge is 0.164 e. The molecular formula is C102H60N8OS. The van der Waals surface area contributed by atoms with E-state index in [1.54, 1.807) is 0 Å². The van der Waals surface area contributed by atoms with Crippen molar-refractivity contribution in [3.63, 3.8) is 0 Å². The van der Waals surface area contributed by atoms with Gasteiger partial charge in [-0.25, -0.2) is 29.9 Å². The molecule has 22 rings (SSSR count). The first-order chi connectivity index (χ1) is 55.3. The molecule has 0 bridgehead atoms. The van der Waals surface area contributed by atoms with Crippen LogP contribution in [0.2, 0.25) is 0 Å². The zero-order chi connectivity index (χ0) is 74.2. The normalized spacial score (nSPS) is 17.2. The highest BCUT2D eigenvalue weighted by Crippen LogP contribution is 2.65. The van der Waals surface area contributed by atoms with Crippen LogP contribution in [-0.4, -0.2) is 29.9 Å². The van der Waals surface area contributed by atoms with E-state index in [4.69, 9.17) is 34.6 Å². The number of hydrogen-bond acceptors (Lipinski definition) is 10. The molecule has 4 atom stereocenters. The fourth-order valence-corrected chi connectivity index (χ4v) is 19.4. The lowest BCUT2D eigenvalue weighted by atomic mass is 9.65. The van der Waals surface area contributed by atoms with Gasteiger partial charge in [-0.1, -0.05) is 297 Å². The van der Waals surface area contributed by atoms with Crippen molar-refractivity contribution in [3.8, 4) is 136 Å². The molecule has 6 aliphatic rings. The molecule has 0 amide bonds. The van der Waals surface area contributed by atoms with Crippen LogP contribution in [0.5, 0.6) is 11.5 Å². The number of nitrogens with zero attached hydrogens (tertiary/aromatic N) is 8. The summed E-state index contributed by atoms with van der Waals surface area (Å²) in [5.41, 5.74) is 25.2. The molecule has 0 radical (unpaired) electrons. The van der Waals surface area contributed by atoms with Crippen LogP contribution >= 0.6 is 11.8 Å². The van der Waals surface area contributed by atoms with E-state index in [2.05, 4.69) is 297 Å². The third-order valence-electron chi connectivity index (χ3n) is 23.3. The maximum atomic E-state index is 10.2. The van der Waals surface area contributed by atoms with Crippen molar-refractivity contribution in [2.24, 2.45) is 11.8 Å². The first-order valence-electron chi connectivity index (χ1n) is 37.6. The summed E-state index contributed by atoms with van der Waals surface area (Å²) < 4.78 is 6.94. The Morgan fingerprint density at radius 3 is 1.39 bits per heavy atom. The van der Waals surface area contributed by atoms with Crippen LogP contribution in [-0.2, 0) is 10.8 Å². The SMILES string of the molecule is N#CC1=CC2C=CC(c3ccc4c(c3)C3(c5ccccc5O4)c4ccccc4-c4ccc(-c5nc(-c6ccccc6)nc(-c6cccc(-c7ccc(-c8nc(-c9ccccc9)nc(-c9ccc%10c(c9)C9(c%11ccccc%11Sc%11ccc(-c%12ccc(C#N)c%13ccccc%12%13)cc%119)c9ccccc9-%10)n8)cc7)c6)n5)cc43)=CC2C=C1. The lowest BCUT2D eigenvalue weighted by molar-refractivity contribution is 0.436. The molecule has 2 aromatic heterocycles. The monoisotopic (exact) mass is 1440 g/mol. The van der Waals surface area contributed by atoms with E-state index in [0.717, 1.165) is 128 Å². The van der Waals surface area contributed by atoms with Gasteiger partial charge in [0.2, 0.25) is 0 Å². The van der Waals surface area contributed by atoms with Crippen LogP contribution in [0.3, 0.4) is 0 Å². The van der Waals surface area contributed by atoms with Crippen molar-refractivity contribution >= 4 is 28.1 Å². The predicted octanol–water partition coefficient (Wildman–Crippen LogP) is 23.9. The van der Waals surface area contributed by atoms with Crippen molar-refractivity contribution in [2.45, 2.75) is 20.6 Å². The van der Waals surface area contributed by atoms with Crippen molar-refractivity contribution in [1.29, 1.82) is 10.5 Å². The van der Waals surface area contributed by atoms with Gasteiger partial charge in [-0.3, -0.25) is 0 Å². The van der Waals surface area contributed by atoms with Crippen LogP contribution < -0.4 is 4.74 Å². The second-order valence-corrected chi connectivity index (χ2v) is 30.4. The summed E-state index contributed by atoms with van der Waals surface area (Å²) in [7, 11) is 0. The molecule has 0 saturated carbocycles. The zero-order valence-corrected chi connectivity index (χ0v) is 60.9. The minimum absolute atomic E-state index is 0.123. The number of benzene rings is 14. The molecule has 112 heavy (non-hydrogen) atoms. The van der Waals surface area contributed by atoms with Gasteiger partial charge in [0.25, 0.3) is 0 Å². The summed E-state index contributed by atoms with van der Waals surface area (Å²) in [4.78, 5) is 34.5. The fraction of sp³-hybridized carbons (Fsp3) is 0.0392. The highest BCUT2D eigenvalue weighted by Gasteiger charge is 2.53. The van der Waals surface area contributed by atoms with Gasteiger partial charge in [0.15, 0.2) is 34.9 Å². The molecule has 10 heteroatoms. The van der Waals surface area contributed by atoms with E-state index in [1.807, 2.05) is 78.5 Å². The van der Waals surface area contributed by atoms with Gasteiger partial charge in [-0.15, -0.1) is 0 Å². The van der Waals surface area contributed by atoms with Crippen molar-refractivity contribution < 1.29 is 4.74 Å². The molecule has 4 aliphatic carbocycles. The standard InChI is InChI=1S/C102H60N8OS/c103-59-61-34-35-68-53-69(41-40-67(68)52-61)70-45-50-92-89(55-70)101(85-30-13-15-32-91(85)111-92)83-28-11-9-26-79(83)81-48-42-73(57-87(81)101)100-108-96(64-20-5-2-6-21-64)106-98(110-100)72-23-17-22-66(54-72)62-36-38-65(39-37-62)97-105-95(63-18-3-1-4-19-63)107-99(109-97)74-43-49-82-80-27-10-12-29-84(80)102(88(82)58-74)86-31-14-16-33-93(86)112-94-51-46-71(56-90(94)102)77-47-44-75(60-104)76-24-7-8-25-78(76)77/h1-58,67-68H. The topological polar surface area (TPSA) is 134 Å². The van der Waals surface area contributed by atoms with Gasteiger partial charge in [0, 0.05) is 77.1 Å². The maximum absolute atomic E-state index is 10.2.